The van der Waals surface area contributed by atoms with Crippen molar-refractivity contribution in [3.05, 3.63) is 23.8 Å². The Kier molecular flexibility index (Phi) is 14.9. The van der Waals surface area contributed by atoms with Crippen LogP contribution in [0.4, 0.5) is 0 Å². The molecule has 1 aromatic carbocycles. The Balaban J connectivity index is 0.00000841. The normalized spacial score (nSPS) is 11.7. The van der Waals surface area contributed by atoms with Crippen LogP contribution in [0.1, 0.15) is 32.8 Å². The molecule has 0 saturated carbocycles. The smallest absolute Gasteiger partial charge is 0.213 e. The van der Waals surface area contributed by atoms with Gasteiger partial charge in [-0.3, -0.25) is 4.99 Å². The lowest BCUT2D eigenvalue weighted by Gasteiger charge is -2.17. The van der Waals surface area contributed by atoms with Gasteiger partial charge in [-0.15, -0.1) is 24.0 Å². The van der Waals surface area contributed by atoms with Gasteiger partial charge in [0.15, 0.2) is 17.5 Å². The summed E-state index contributed by atoms with van der Waals surface area (Å²) >= 11 is 0. The molecule has 1 rings (SSSR count). The van der Waals surface area contributed by atoms with E-state index >= 15 is 0 Å². The van der Waals surface area contributed by atoms with Crippen LogP contribution in [0.2, 0.25) is 0 Å². The number of nitrogens with one attached hydrogen (secondary N) is 2. The van der Waals surface area contributed by atoms with E-state index in [9.17, 15) is 8.42 Å². The van der Waals surface area contributed by atoms with E-state index in [-0.39, 0.29) is 29.7 Å². The molecule has 0 amide bonds. The Hall–Kier alpha value is -1.27. The maximum atomic E-state index is 11.7. The summed E-state index contributed by atoms with van der Waals surface area (Å²) in [6.07, 6.45) is 1.51. The van der Waals surface area contributed by atoms with Gasteiger partial charge in [-0.05, 0) is 51.3 Å². The van der Waals surface area contributed by atoms with Crippen LogP contribution in [0.15, 0.2) is 23.2 Å². The predicted molar refractivity (Wildman–Crippen MR) is 134 cm³/mol. The molecule has 0 spiro atoms. The number of benzene rings is 1. The lowest BCUT2D eigenvalue weighted by atomic mass is 10.1. The van der Waals surface area contributed by atoms with Crippen LogP contribution in [0.25, 0.3) is 0 Å². The molecule has 0 aliphatic heterocycles. The predicted octanol–water partition coefficient (Wildman–Crippen LogP) is 2.48. The molecule has 0 aliphatic rings. The van der Waals surface area contributed by atoms with Gasteiger partial charge in [0, 0.05) is 33.7 Å². The summed E-state index contributed by atoms with van der Waals surface area (Å²) < 4.78 is 36.1. The van der Waals surface area contributed by atoms with Crippen molar-refractivity contribution in [2.45, 2.75) is 33.6 Å². The van der Waals surface area contributed by atoms with Crippen molar-refractivity contribution in [1.29, 1.82) is 0 Å². The maximum Gasteiger partial charge on any atom is 0.213 e. The molecule has 0 heterocycles. The molecule has 1 aromatic rings. The molecule has 0 atom stereocenters. The Labute approximate surface area is 198 Å². The van der Waals surface area contributed by atoms with E-state index in [0.29, 0.717) is 45.2 Å². The highest BCUT2D eigenvalue weighted by Gasteiger charge is 2.14. The number of hydrogen-bond donors (Lipinski definition) is 2. The van der Waals surface area contributed by atoms with Crippen LogP contribution in [0.5, 0.6) is 11.5 Å². The van der Waals surface area contributed by atoms with Crippen LogP contribution in [0.3, 0.4) is 0 Å². The molecule has 0 saturated heterocycles. The van der Waals surface area contributed by atoms with Crippen molar-refractivity contribution < 1.29 is 17.9 Å². The zero-order valence-corrected chi connectivity index (χ0v) is 21.9. The van der Waals surface area contributed by atoms with E-state index in [1.807, 2.05) is 32.0 Å². The van der Waals surface area contributed by atoms with Gasteiger partial charge < -0.3 is 20.1 Å². The number of ether oxygens (including phenoxy) is 2. The first-order chi connectivity index (χ1) is 13.9. The largest absolute Gasteiger partial charge is 0.490 e. The summed E-state index contributed by atoms with van der Waals surface area (Å²) in [5.41, 5.74) is 1.14. The highest BCUT2D eigenvalue weighted by molar-refractivity contribution is 14.0. The van der Waals surface area contributed by atoms with E-state index < -0.39 is 10.0 Å². The molecule has 0 fully saturated rings. The molecule has 0 aliphatic carbocycles. The average molecular weight is 557 g/mol. The molecular formula is C20H37IN4O4S. The molecule has 0 unspecified atom stereocenters. The van der Waals surface area contributed by atoms with Crippen molar-refractivity contribution in [1.82, 2.24) is 14.9 Å². The lowest BCUT2D eigenvalue weighted by Crippen LogP contribution is -2.39. The minimum Gasteiger partial charge on any atom is -0.490 e. The Morgan fingerprint density at radius 3 is 2.30 bits per heavy atom. The van der Waals surface area contributed by atoms with Gasteiger partial charge in [0.25, 0.3) is 0 Å². The first-order valence-corrected chi connectivity index (χ1v) is 11.8. The Morgan fingerprint density at radius 1 is 1.07 bits per heavy atom. The van der Waals surface area contributed by atoms with E-state index in [2.05, 4.69) is 15.6 Å². The number of nitrogens with zero attached hydrogens (tertiary/aromatic N) is 2. The first kappa shape index (κ1) is 28.7. The summed E-state index contributed by atoms with van der Waals surface area (Å²) in [6.45, 7) is 8.58. The molecule has 2 N–H and O–H groups in total. The van der Waals surface area contributed by atoms with E-state index in [4.69, 9.17) is 9.47 Å². The molecule has 0 radical (unpaired) electrons. The van der Waals surface area contributed by atoms with Gasteiger partial charge in [-0.25, -0.2) is 12.7 Å². The molecule has 0 bridgehead atoms. The van der Waals surface area contributed by atoms with Crippen molar-refractivity contribution in [3.63, 3.8) is 0 Å². The molecule has 10 heteroatoms. The topological polar surface area (TPSA) is 92.3 Å². The molecular weight excluding hydrogens is 519 g/mol. The van der Waals surface area contributed by atoms with Crippen LogP contribution in [0, 0.1) is 0 Å². The van der Waals surface area contributed by atoms with Gasteiger partial charge in [0.05, 0.1) is 19.0 Å². The van der Waals surface area contributed by atoms with E-state index in [1.165, 1.54) is 4.31 Å². The number of halogens is 1. The second-order valence-corrected chi connectivity index (χ2v) is 8.76. The standard InChI is InChI=1S/C20H36N4O4S.HI/c1-6-27-18-11-10-17(16-19(18)28-7-2)12-14-23-20(21-4)22-13-9-15-24(5)29(25,26)8-3;/h10-11,16H,6-9,12-15H2,1-5H3,(H2,21,22,23);1H. The van der Waals surface area contributed by atoms with Crippen LogP contribution >= 0.6 is 24.0 Å². The number of rotatable bonds is 13. The third-order valence-electron chi connectivity index (χ3n) is 4.32. The van der Waals surface area contributed by atoms with Gasteiger partial charge in [0.1, 0.15) is 0 Å². The second kappa shape index (κ2) is 15.5. The third-order valence-corrected chi connectivity index (χ3v) is 6.18. The van der Waals surface area contributed by atoms with Gasteiger partial charge in [-0.1, -0.05) is 6.07 Å². The van der Waals surface area contributed by atoms with Gasteiger partial charge >= 0.3 is 0 Å². The summed E-state index contributed by atoms with van der Waals surface area (Å²) in [5, 5.41) is 6.48. The minimum atomic E-state index is -3.12. The SMILES string of the molecule is CCOc1ccc(CCNC(=NC)NCCCN(C)S(=O)(=O)CC)cc1OCC.I. The van der Waals surface area contributed by atoms with E-state index in [1.54, 1.807) is 21.0 Å². The van der Waals surface area contributed by atoms with Crippen LogP contribution < -0.4 is 20.1 Å². The van der Waals surface area contributed by atoms with Crippen molar-refractivity contribution >= 4 is 40.0 Å². The number of sulfonamides is 1. The second-order valence-electron chi connectivity index (χ2n) is 6.40. The lowest BCUT2D eigenvalue weighted by molar-refractivity contribution is 0.287. The third kappa shape index (κ3) is 10.2. The van der Waals surface area contributed by atoms with Gasteiger partial charge in [0.2, 0.25) is 10.0 Å². The fraction of sp³-hybridized carbons (Fsp3) is 0.650. The minimum absolute atomic E-state index is 0. The summed E-state index contributed by atoms with van der Waals surface area (Å²) in [4.78, 5) is 4.20. The van der Waals surface area contributed by atoms with Gasteiger partial charge in [-0.2, -0.15) is 0 Å². The number of hydrogen-bond acceptors (Lipinski definition) is 5. The average Bonchev–Trinajstić information content (AvgIpc) is 2.71. The fourth-order valence-electron chi connectivity index (χ4n) is 2.66. The zero-order valence-electron chi connectivity index (χ0n) is 18.7. The fourth-order valence-corrected chi connectivity index (χ4v) is 3.51. The molecule has 8 nitrogen and oxygen atoms in total. The number of guanidine groups is 1. The van der Waals surface area contributed by atoms with Crippen molar-refractivity contribution in [3.8, 4) is 11.5 Å². The monoisotopic (exact) mass is 556 g/mol. The highest BCUT2D eigenvalue weighted by Crippen LogP contribution is 2.28. The summed E-state index contributed by atoms with van der Waals surface area (Å²) in [6, 6.07) is 5.99. The Morgan fingerprint density at radius 2 is 1.70 bits per heavy atom. The maximum absolute atomic E-state index is 11.7. The quantitative estimate of drug-likeness (QED) is 0.168. The van der Waals surface area contributed by atoms with Crippen molar-refractivity contribution in [2.75, 3.05) is 52.7 Å². The Bertz CT molecular complexity index is 744. The first-order valence-electron chi connectivity index (χ1n) is 10.1. The molecule has 30 heavy (non-hydrogen) atoms. The van der Waals surface area contributed by atoms with Crippen molar-refractivity contribution in [2.24, 2.45) is 4.99 Å². The molecule has 174 valence electrons. The van der Waals surface area contributed by atoms with Crippen LogP contribution in [-0.2, 0) is 16.4 Å². The summed E-state index contributed by atoms with van der Waals surface area (Å²) in [7, 11) is 0.202. The number of aliphatic imine (C=N–C) groups is 1. The summed E-state index contributed by atoms with van der Waals surface area (Å²) in [5.74, 6) is 2.34. The van der Waals surface area contributed by atoms with E-state index in [0.717, 1.165) is 23.5 Å². The molecule has 0 aromatic heterocycles. The van der Waals surface area contributed by atoms with Crippen LogP contribution in [-0.4, -0.2) is 71.4 Å². The zero-order chi connectivity index (χ0) is 21.7. The highest BCUT2D eigenvalue weighted by atomic mass is 127.